The van der Waals surface area contributed by atoms with Crippen molar-refractivity contribution in [2.24, 2.45) is 0 Å². The van der Waals surface area contributed by atoms with Crippen LogP contribution >= 0.6 is 0 Å². The number of esters is 1. The van der Waals surface area contributed by atoms with Crippen LogP contribution in [-0.2, 0) is 16.0 Å². The van der Waals surface area contributed by atoms with Crippen molar-refractivity contribution in [3.8, 4) is 11.5 Å². The molecule has 176 valence electrons. The lowest BCUT2D eigenvalue weighted by Gasteiger charge is -2.29. The maximum absolute atomic E-state index is 13.7. The van der Waals surface area contributed by atoms with E-state index in [1.165, 1.54) is 7.11 Å². The van der Waals surface area contributed by atoms with Crippen LogP contribution < -0.4 is 14.4 Å². The molecule has 1 amide bonds. The fourth-order valence-electron chi connectivity index (χ4n) is 4.29. The largest absolute Gasteiger partial charge is 0.497 e. The third-order valence-electron chi connectivity index (χ3n) is 6.19. The fourth-order valence-corrected chi connectivity index (χ4v) is 4.29. The molecule has 4 rings (SSSR count). The predicted octanol–water partition coefficient (Wildman–Crippen LogP) is 5.01. The van der Waals surface area contributed by atoms with E-state index in [1.54, 1.807) is 18.1 Å². The molecule has 2 atom stereocenters. The van der Waals surface area contributed by atoms with Crippen molar-refractivity contribution < 1.29 is 23.8 Å². The number of hydrogen-bond donors (Lipinski definition) is 0. The summed E-state index contributed by atoms with van der Waals surface area (Å²) in [5.74, 6) is 0.660. The van der Waals surface area contributed by atoms with Gasteiger partial charge in [0.1, 0.15) is 17.6 Å². The Balaban J connectivity index is 1.67. The lowest BCUT2D eigenvalue weighted by atomic mass is 9.98. The molecule has 0 aromatic heterocycles. The number of rotatable bonds is 6. The van der Waals surface area contributed by atoms with Gasteiger partial charge in [-0.1, -0.05) is 36.4 Å². The highest BCUT2D eigenvalue weighted by molar-refractivity contribution is 5.99. The Labute approximate surface area is 200 Å². The van der Waals surface area contributed by atoms with Gasteiger partial charge in [-0.25, -0.2) is 4.79 Å². The predicted molar refractivity (Wildman–Crippen MR) is 131 cm³/mol. The Hall–Kier alpha value is -3.80. The van der Waals surface area contributed by atoms with Crippen LogP contribution in [0.25, 0.3) is 0 Å². The maximum atomic E-state index is 13.7. The molecule has 0 aliphatic carbocycles. The zero-order valence-corrected chi connectivity index (χ0v) is 19.7. The zero-order valence-electron chi connectivity index (χ0n) is 19.7. The standard InChI is InChI=1S/C28H29NO5/c1-19(20-8-5-4-6-9-20)27(30)29-18-25(34-24-11-7-10-23(17-24)32-2)14-12-21-16-22(28(31)33-3)13-15-26(21)29/h4-11,13,15-17,19,25H,12,14,18H2,1-3H3/t19-,25-/m0/s1. The number of nitrogens with zero attached hydrogens (tertiary/aromatic N) is 1. The summed E-state index contributed by atoms with van der Waals surface area (Å²) in [6.07, 6.45) is 1.13. The van der Waals surface area contributed by atoms with Gasteiger partial charge in [-0.05, 0) is 61.2 Å². The SMILES string of the molecule is COC(=O)c1ccc2c(c1)CC[C@H](Oc1cccc(OC)c1)CN2C(=O)[C@@H](C)c1ccccc1. The molecule has 0 bridgehead atoms. The van der Waals surface area contributed by atoms with Gasteiger partial charge in [-0.3, -0.25) is 4.79 Å². The molecule has 3 aromatic carbocycles. The summed E-state index contributed by atoms with van der Waals surface area (Å²) in [6, 6.07) is 22.6. The van der Waals surface area contributed by atoms with Crippen LogP contribution in [0.1, 0.15) is 40.7 Å². The van der Waals surface area contributed by atoms with Crippen LogP contribution in [0.3, 0.4) is 0 Å². The molecule has 0 saturated carbocycles. The smallest absolute Gasteiger partial charge is 0.337 e. The van der Waals surface area contributed by atoms with Crippen LogP contribution in [0, 0.1) is 0 Å². The van der Waals surface area contributed by atoms with E-state index in [1.807, 2.05) is 73.7 Å². The van der Waals surface area contributed by atoms with Crippen molar-refractivity contribution in [1.82, 2.24) is 0 Å². The van der Waals surface area contributed by atoms with Crippen LogP contribution in [0.5, 0.6) is 11.5 Å². The fraction of sp³-hybridized carbons (Fsp3) is 0.286. The first-order valence-electron chi connectivity index (χ1n) is 11.4. The van der Waals surface area contributed by atoms with Gasteiger partial charge in [0.25, 0.3) is 0 Å². The van der Waals surface area contributed by atoms with Gasteiger partial charge in [0.2, 0.25) is 5.91 Å². The van der Waals surface area contributed by atoms with E-state index in [0.29, 0.717) is 36.4 Å². The van der Waals surface area contributed by atoms with Gasteiger partial charge in [-0.2, -0.15) is 0 Å². The van der Waals surface area contributed by atoms with E-state index in [-0.39, 0.29) is 17.9 Å². The van der Waals surface area contributed by atoms with Gasteiger partial charge in [0, 0.05) is 11.8 Å². The summed E-state index contributed by atoms with van der Waals surface area (Å²) in [7, 11) is 2.98. The third-order valence-corrected chi connectivity index (χ3v) is 6.19. The Bertz CT molecular complexity index is 1160. The first-order chi connectivity index (χ1) is 16.5. The van der Waals surface area contributed by atoms with Gasteiger partial charge >= 0.3 is 5.97 Å². The number of carbonyl (C=O) groups excluding carboxylic acids is 2. The highest BCUT2D eigenvalue weighted by Gasteiger charge is 2.31. The molecule has 0 saturated heterocycles. The molecule has 0 spiro atoms. The van der Waals surface area contributed by atoms with Crippen LogP contribution in [-0.4, -0.2) is 38.7 Å². The minimum Gasteiger partial charge on any atom is -0.497 e. The number of carbonyl (C=O) groups is 2. The molecule has 1 aliphatic rings. The molecule has 0 N–H and O–H groups in total. The van der Waals surface area contributed by atoms with E-state index in [2.05, 4.69) is 0 Å². The quantitative estimate of drug-likeness (QED) is 0.485. The number of benzene rings is 3. The molecular formula is C28H29NO5. The second kappa shape index (κ2) is 10.4. The molecule has 34 heavy (non-hydrogen) atoms. The number of aryl methyl sites for hydroxylation is 1. The van der Waals surface area contributed by atoms with Gasteiger partial charge in [0.15, 0.2) is 0 Å². The van der Waals surface area contributed by atoms with E-state index >= 15 is 0 Å². The lowest BCUT2D eigenvalue weighted by molar-refractivity contribution is -0.120. The minimum atomic E-state index is -0.397. The van der Waals surface area contributed by atoms with Crippen LogP contribution in [0.15, 0.2) is 72.8 Å². The third kappa shape index (κ3) is 5.06. The molecular weight excluding hydrogens is 430 g/mol. The lowest BCUT2D eigenvalue weighted by Crippen LogP contribution is -2.41. The zero-order chi connectivity index (χ0) is 24.1. The second-order valence-corrected chi connectivity index (χ2v) is 8.37. The summed E-state index contributed by atoms with van der Waals surface area (Å²) in [6.45, 7) is 2.32. The Kier molecular flexibility index (Phi) is 7.16. The number of methoxy groups -OCH3 is 2. The van der Waals surface area contributed by atoms with Gasteiger partial charge in [-0.15, -0.1) is 0 Å². The summed E-state index contributed by atoms with van der Waals surface area (Å²) >= 11 is 0. The number of hydrogen-bond acceptors (Lipinski definition) is 5. The summed E-state index contributed by atoms with van der Waals surface area (Å²) in [5.41, 5.74) is 3.15. The Morgan fingerprint density at radius 2 is 1.71 bits per heavy atom. The molecule has 3 aromatic rings. The van der Waals surface area contributed by atoms with E-state index in [4.69, 9.17) is 14.2 Å². The van der Waals surface area contributed by atoms with Gasteiger partial charge < -0.3 is 19.1 Å². The van der Waals surface area contributed by atoms with Crippen molar-refractivity contribution in [2.45, 2.75) is 31.8 Å². The average molecular weight is 460 g/mol. The summed E-state index contributed by atoms with van der Waals surface area (Å²) in [5, 5.41) is 0. The topological polar surface area (TPSA) is 65.1 Å². The Morgan fingerprint density at radius 1 is 0.941 bits per heavy atom. The minimum absolute atomic E-state index is 0.0144. The average Bonchev–Trinajstić information content (AvgIpc) is 3.07. The van der Waals surface area contributed by atoms with E-state index in [0.717, 1.165) is 16.8 Å². The molecule has 1 aliphatic heterocycles. The van der Waals surface area contributed by atoms with Crippen molar-refractivity contribution in [3.63, 3.8) is 0 Å². The molecule has 6 nitrogen and oxygen atoms in total. The first-order valence-corrected chi connectivity index (χ1v) is 11.4. The monoisotopic (exact) mass is 459 g/mol. The first kappa shape index (κ1) is 23.4. The molecule has 0 unspecified atom stereocenters. The highest BCUT2D eigenvalue weighted by atomic mass is 16.5. The van der Waals surface area contributed by atoms with Crippen molar-refractivity contribution >= 4 is 17.6 Å². The summed E-state index contributed by atoms with van der Waals surface area (Å²) in [4.78, 5) is 27.7. The molecule has 1 heterocycles. The van der Waals surface area contributed by atoms with E-state index < -0.39 is 5.97 Å². The van der Waals surface area contributed by atoms with Crippen LogP contribution in [0.4, 0.5) is 5.69 Å². The van der Waals surface area contributed by atoms with Gasteiger partial charge in [0.05, 0.1) is 32.2 Å². The molecule has 0 radical (unpaired) electrons. The van der Waals surface area contributed by atoms with Crippen LogP contribution in [0.2, 0.25) is 0 Å². The van der Waals surface area contributed by atoms with Crippen molar-refractivity contribution in [2.75, 3.05) is 25.7 Å². The summed E-state index contributed by atoms with van der Waals surface area (Å²) < 4.78 is 16.5. The maximum Gasteiger partial charge on any atom is 0.337 e. The number of anilines is 1. The Morgan fingerprint density at radius 3 is 2.44 bits per heavy atom. The molecule has 6 heteroatoms. The van der Waals surface area contributed by atoms with Crippen molar-refractivity contribution in [3.05, 3.63) is 89.5 Å². The van der Waals surface area contributed by atoms with Crippen molar-refractivity contribution in [1.29, 1.82) is 0 Å². The number of amides is 1. The van der Waals surface area contributed by atoms with E-state index in [9.17, 15) is 9.59 Å². The number of fused-ring (bicyclic) bond motifs is 1. The number of ether oxygens (including phenoxy) is 3. The normalized spacial score (nSPS) is 16.1. The highest BCUT2D eigenvalue weighted by Crippen LogP contribution is 2.32. The molecule has 0 fully saturated rings. The second-order valence-electron chi connectivity index (χ2n) is 8.37.